The lowest BCUT2D eigenvalue weighted by atomic mass is 9.75. The molecule has 2 saturated heterocycles. The Morgan fingerprint density at radius 2 is 1.86 bits per heavy atom. The highest BCUT2D eigenvalue weighted by Crippen LogP contribution is 2.42. The molecule has 1 atom stereocenters. The number of amides is 1. The maximum atomic E-state index is 14.4. The van der Waals surface area contributed by atoms with Gasteiger partial charge in [0.2, 0.25) is 0 Å². The highest BCUT2D eigenvalue weighted by atomic mass is 19.4. The molecule has 3 aromatic carbocycles. The van der Waals surface area contributed by atoms with Crippen molar-refractivity contribution in [2.45, 2.75) is 43.4 Å². The average Bonchev–Trinajstić information content (AvgIpc) is 3.70. The second-order valence-corrected chi connectivity index (χ2v) is 12.0. The molecule has 1 aromatic heterocycles. The Hall–Kier alpha value is -4.02. The predicted octanol–water partition coefficient (Wildman–Crippen LogP) is 5.49. The number of halogens is 3. The maximum absolute atomic E-state index is 14.4. The summed E-state index contributed by atoms with van der Waals surface area (Å²) in [6, 6.07) is 20.6. The fraction of sp³-hybridized carbons (Fsp3) is 0.364. The van der Waals surface area contributed by atoms with Gasteiger partial charge >= 0.3 is 6.18 Å². The fourth-order valence-corrected chi connectivity index (χ4v) is 6.75. The summed E-state index contributed by atoms with van der Waals surface area (Å²) in [4.78, 5) is 17.4. The molecule has 1 amide bonds. The predicted molar refractivity (Wildman–Crippen MR) is 155 cm³/mol. The molecule has 0 aliphatic carbocycles. The van der Waals surface area contributed by atoms with Gasteiger partial charge in [-0.15, -0.1) is 10.2 Å². The van der Waals surface area contributed by atoms with Gasteiger partial charge in [0, 0.05) is 43.2 Å². The number of aryl methyl sites for hydroxylation is 1. The van der Waals surface area contributed by atoms with E-state index in [0.29, 0.717) is 43.3 Å². The number of hydrogen-bond donors (Lipinski definition) is 0. The molecule has 4 aromatic rings. The molecule has 2 fully saturated rings. The van der Waals surface area contributed by atoms with Crippen molar-refractivity contribution in [3.05, 3.63) is 112 Å². The number of hydrogen-bond acceptors (Lipinski definition) is 5. The third kappa shape index (κ3) is 5.12. The average molecular weight is 588 g/mol. The van der Waals surface area contributed by atoms with Crippen molar-refractivity contribution < 1.29 is 22.7 Å². The number of fused-ring (bicyclic) bond motifs is 1. The standard InChI is InChI=1S/C33H32F3N5O2/c1-39-21-37-38-30(39)15-32(19-43-20-32)25-8-5-9-26(14-25)41-18-28-27(31(41)42)12-22(13-29(28)33(34,35)36)16-40-11-10-24(17-40)23-6-3-2-4-7-23/h2-9,12-14,21,24H,10-11,15-20H2,1H3/t24-/m0/s1. The molecule has 43 heavy (non-hydrogen) atoms. The van der Waals surface area contributed by atoms with Crippen LogP contribution >= 0.6 is 0 Å². The van der Waals surface area contributed by atoms with Crippen molar-refractivity contribution >= 4 is 11.6 Å². The van der Waals surface area contributed by atoms with Crippen LogP contribution in [0.4, 0.5) is 18.9 Å². The molecule has 10 heteroatoms. The van der Waals surface area contributed by atoms with E-state index >= 15 is 0 Å². The minimum atomic E-state index is -4.57. The van der Waals surface area contributed by atoms with E-state index in [-0.39, 0.29) is 23.1 Å². The first kappa shape index (κ1) is 27.8. The minimum absolute atomic E-state index is 0.0380. The molecule has 3 aliphatic heterocycles. The molecule has 4 heterocycles. The van der Waals surface area contributed by atoms with E-state index in [2.05, 4.69) is 27.2 Å². The Morgan fingerprint density at radius 1 is 1.05 bits per heavy atom. The third-order valence-corrected chi connectivity index (χ3v) is 9.18. The number of carbonyl (C=O) groups excluding carboxylic acids is 1. The number of benzene rings is 3. The summed E-state index contributed by atoms with van der Waals surface area (Å²) in [5, 5.41) is 8.21. The first-order valence-corrected chi connectivity index (χ1v) is 14.5. The maximum Gasteiger partial charge on any atom is 0.416 e. The zero-order chi connectivity index (χ0) is 29.8. The summed E-state index contributed by atoms with van der Waals surface area (Å²) >= 11 is 0. The van der Waals surface area contributed by atoms with Crippen LogP contribution in [0.2, 0.25) is 0 Å². The quantitative estimate of drug-likeness (QED) is 0.286. The third-order valence-electron chi connectivity index (χ3n) is 9.18. The number of ether oxygens (including phenoxy) is 1. The Bertz CT molecular complexity index is 1660. The lowest BCUT2D eigenvalue weighted by Gasteiger charge is -2.42. The Balaban J connectivity index is 1.15. The summed E-state index contributed by atoms with van der Waals surface area (Å²) in [6.45, 7) is 2.79. The molecule has 0 saturated carbocycles. The molecular formula is C33H32F3N5O2. The summed E-state index contributed by atoms with van der Waals surface area (Å²) in [6.07, 6.45) is -1.37. The fourth-order valence-electron chi connectivity index (χ4n) is 6.75. The summed E-state index contributed by atoms with van der Waals surface area (Å²) in [5.41, 5.74) is 2.39. The van der Waals surface area contributed by atoms with Crippen molar-refractivity contribution in [3.8, 4) is 0 Å². The Kier molecular flexibility index (Phi) is 6.85. The van der Waals surface area contributed by atoms with Crippen molar-refractivity contribution in [1.29, 1.82) is 0 Å². The van der Waals surface area contributed by atoms with E-state index in [4.69, 9.17) is 4.74 Å². The second-order valence-electron chi connectivity index (χ2n) is 12.0. The lowest BCUT2D eigenvalue weighted by molar-refractivity contribution is -0.138. The van der Waals surface area contributed by atoms with Gasteiger partial charge in [-0.2, -0.15) is 13.2 Å². The normalized spacial score (nSPS) is 20.0. The van der Waals surface area contributed by atoms with Gasteiger partial charge in [-0.1, -0.05) is 42.5 Å². The van der Waals surface area contributed by atoms with Crippen LogP contribution in [0.1, 0.15) is 56.3 Å². The van der Waals surface area contributed by atoms with E-state index in [0.717, 1.165) is 30.9 Å². The van der Waals surface area contributed by atoms with Crippen LogP contribution in [0.25, 0.3) is 0 Å². The molecule has 0 N–H and O–H groups in total. The number of anilines is 1. The van der Waals surface area contributed by atoms with Crippen LogP contribution in [-0.2, 0) is 42.9 Å². The molecule has 7 nitrogen and oxygen atoms in total. The second kappa shape index (κ2) is 10.6. The van der Waals surface area contributed by atoms with Crippen LogP contribution in [0.3, 0.4) is 0 Å². The molecule has 0 spiro atoms. The topological polar surface area (TPSA) is 63.5 Å². The van der Waals surface area contributed by atoms with Gasteiger partial charge in [-0.25, -0.2) is 0 Å². The molecule has 0 radical (unpaired) electrons. The van der Waals surface area contributed by atoms with Gasteiger partial charge in [0.15, 0.2) is 0 Å². The van der Waals surface area contributed by atoms with Crippen LogP contribution in [-0.4, -0.2) is 51.9 Å². The van der Waals surface area contributed by atoms with E-state index in [1.807, 2.05) is 48.0 Å². The van der Waals surface area contributed by atoms with Crippen molar-refractivity contribution in [3.63, 3.8) is 0 Å². The first-order valence-electron chi connectivity index (χ1n) is 14.5. The number of rotatable bonds is 7. The van der Waals surface area contributed by atoms with Crippen molar-refractivity contribution in [2.75, 3.05) is 31.2 Å². The van der Waals surface area contributed by atoms with E-state index < -0.39 is 17.6 Å². The number of likely N-dealkylation sites (tertiary alicyclic amines) is 1. The van der Waals surface area contributed by atoms with E-state index in [1.54, 1.807) is 18.5 Å². The van der Waals surface area contributed by atoms with Gasteiger partial charge in [-0.3, -0.25) is 9.69 Å². The smallest absolute Gasteiger partial charge is 0.379 e. The van der Waals surface area contributed by atoms with Crippen LogP contribution in [0.5, 0.6) is 0 Å². The Morgan fingerprint density at radius 3 is 2.56 bits per heavy atom. The lowest BCUT2D eigenvalue weighted by Crippen LogP contribution is -2.49. The molecule has 222 valence electrons. The van der Waals surface area contributed by atoms with Gasteiger partial charge < -0.3 is 14.2 Å². The minimum Gasteiger partial charge on any atom is -0.379 e. The van der Waals surface area contributed by atoms with Gasteiger partial charge in [-0.05, 0) is 65.4 Å². The molecule has 7 rings (SSSR count). The number of nitrogens with zero attached hydrogens (tertiary/aromatic N) is 5. The SMILES string of the molecule is Cn1cnnc1CC1(c2cccc(N3Cc4c(cc(CN5CC[C@H](c6ccccc6)C5)cc4C(F)(F)F)C3=O)c2)COC1. The zero-order valence-electron chi connectivity index (χ0n) is 23.8. The van der Waals surface area contributed by atoms with Crippen LogP contribution in [0.15, 0.2) is 73.1 Å². The van der Waals surface area contributed by atoms with Gasteiger partial charge in [0.1, 0.15) is 12.2 Å². The summed E-state index contributed by atoms with van der Waals surface area (Å²) in [5.74, 6) is 0.754. The molecule has 3 aliphatic rings. The summed E-state index contributed by atoms with van der Waals surface area (Å²) in [7, 11) is 1.89. The molecule has 0 bridgehead atoms. The van der Waals surface area contributed by atoms with Crippen molar-refractivity contribution in [1.82, 2.24) is 19.7 Å². The van der Waals surface area contributed by atoms with E-state index in [9.17, 15) is 18.0 Å². The number of carbonyl (C=O) groups is 1. The van der Waals surface area contributed by atoms with Crippen LogP contribution in [0, 0.1) is 0 Å². The largest absolute Gasteiger partial charge is 0.416 e. The molecular weight excluding hydrogens is 555 g/mol. The molecule has 0 unspecified atom stereocenters. The Labute approximate surface area is 247 Å². The van der Waals surface area contributed by atoms with Crippen molar-refractivity contribution in [2.24, 2.45) is 7.05 Å². The number of alkyl halides is 3. The highest BCUT2D eigenvalue weighted by molar-refractivity contribution is 6.10. The highest BCUT2D eigenvalue weighted by Gasteiger charge is 2.43. The zero-order valence-corrected chi connectivity index (χ0v) is 23.8. The van der Waals surface area contributed by atoms with Gasteiger partial charge in [0.25, 0.3) is 5.91 Å². The number of aromatic nitrogens is 3. The van der Waals surface area contributed by atoms with Gasteiger partial charge in [0.05, 0.1) is 25.3 Å². The first-order chi connectivity index (χ1) is 20.7. The van der Waals surface area contributed by atoms with E-state index in [1.165, 1.54) is 16.5 Å². The summed E-state index contributed by atoms with van der Waals surface area (Å²) < 4.78 is 50.6. The van der Waals surface area contributed by atoms with Crippen LogP contribution < -0.4 is 4.90 Å². The monoisotopic (exact) mass is 587 g/mol.